The summed E-state index contributed by atoms with van der Waals surface area (Å²) in [7, 11) is -0.0445. The van der Waals surface area contributed by atoms with E-state index >= 15 is 0 Å². The molecule has 1 atom stereocenters. The number of sulfonamides is 1. The van der Waals surface area contributed by atoms with Crippen LogP contribution in [-0.2, 0) is 14.8 Å². The zero-order valence-electron chi connectivity index (χ0n) is 20.3. The lowest BCUT2D eigenvalue weighted by Crippen LogP contribution is -2.47. The molecule has 1 aliphatic rings. The second kappa shape index (κ2) is 12.4. The van der Waals surface area contributed by atoms with Crippen molar-refractivity contribution in [3.8, 4) is 0 Å². The normalized spacial score (nSPS) is 17.6. The number of hydrogen-bond donors (Lipinski definition) is 2. The third kappa shape index (κ3) is 7.10. The number of nitrogens with zero attached hydrogens (tertiary/aromatic N) is 2. The highest BCUT2D eigenvalue weighted by Crippen LogP contribution is 2.24. The summed E-state index contributed by atoms with van der Waals surface area (Å²) in [6.45, 7) is 6.64. The first-order valence-electron chi connectivity index (χ1n) is 11.7. The van der Waals surface area contributed by atoms with Gasteiger partial charge in [0.1, 0.15) is 0 Å². The first-order valence-corrected chi connectivity index (χ1v) is 13.1. The summed E-state index contributed by atoms with van der Waals surface area (Å²) >= 11 is 0. The lowest BCUT2D eigenvalue weighted by molar-refractivity contribution is 0.0865. The van der Waals surface area contributed by atoms with Gasteiger partial charge >= 0.3 is 0 Å². The fourth-order valence-corrected chi connectivity index (χ4v) is 5.21. The molecule has 9 heteroatoms. The van der Waals surface area contributed by atoms with Crippen molar-refractivity contribution in [3.63, 3.8) is 0 Å². The molecule has 1 fully saturated rings. The van der Waals surface area contributed by atoms with E-state index < -0.39 is 10.0 Å². The van der Waals surface area contributed by atoms with Gasteiger partial charge in [-0.25, -0.2) is 13.1 Å². The van der Waals surface area contributed by atoms with Gasteiger partial charge < -0.3 is 15.0 Å². The molecule has 186 valence electrons. The highest BCUT2D eigenvalue weighted by molar-refractivity contribution is 7.89. The number of nitrogens with one attached hydrogen (secondary N) is 2. The highest BCUT2D eigenvalue weighted by Gasteiger charge is 2.26. The number of amides is 1. The number of likely N-dealkylation sites (N-methyl/N-ethyl adjacent to an activating group) is 1. The van der Waals surface area contributed by atoms with Crippen molar-refractivity contribution in [2.75, 3.05) is 60.0 Å². The monoisotopic (exact) mass is 488 g/mol. The highest BCUT2D eigenvalue weighted by atomic mass is 32.2. The van der Waals surface area contributed by atoms with Crippen molar-refractivity contribution in [1.29, 1.82) is 0 Å². The smallest absolute Gasteiger partial charge is 0.251 e. The van der Waals surface area contributed by atoms with E-state index in [4.69, 9.17) is 4.74 Å². The number of benzene rings is 2. The van der Waals surface area contributed by atoms with Gasteiger partial charge in [-0.2, -0.15) is 0 Å². The summed E-state index contributed by atoms with van der Waals surface area (Å²) in [6.07, 6.45) is 0.814. The van der Waals surface area contributed by atoms with Gasteiger partial charge in [-0.15, -0.1) is 0 Å². The SMILES string of the molecule is COCCNS(=O)(=O)c1ccc(C)c(C(=O)NCCCN2CCN(C)CC2c2ccccc2)c1. The summed E-state index contributed by atoms with van der Waals surface area (Å²) < 4.78 is 32.4. The van der Waals surface area contributed by atoms with Crippen LogP contribution in [0.5, 0.6) is 0 Å². The van der Waals surface area contributed by atoms with Crippen molar-refractivity contribution in [2.45, 2.75) is 24.3 Å². The second-order valence-corrected chi connectivity index (χ2v) is 10.5. The molecule has 1 amide bonds. The zero-order valence-corrected chi connectivity index (χ0v) is 21.1. The Morgan fingerprint density at radius 3 is 2.62 bits per heavy atom. The molecule has 8 nitrogen and oxygen atoms in total. The van der Waals surface area contributed by atoms with Crippen LogP contribution in [0.3, 0.4) is 0 Å². The molecule has 1 aliphatic heterocycles. The summed E-state index contributed by atoms with van der Waals surface area (Å²) in [6, 6.07) is 15.5. The van der Waals surface area contributed by atoms with E-state index in [0.717, 1.165) is 38.2 Å². The number of methoxy groups -OCH3 is 1. The maximum atomic E-state index is 12.8. The van der Waals surface area contributed by atoms with Crippen LogP contribution in [0.4, 0.5) is 0 Å². The molecule has 2 aromatic carbocycles. The standard InChI is InChI=1S/C25H36N4O4S/c1-20-10-11-22(34(31,32)27-13-17-33-3)18-23(20)25(30)26-12-7-14-29-16-15-28(2)19-24(29)21-8-5-4-6-9-21/h4-6,8-11,18,24,27H,7,12-17,19H2,1-3H3,(H,26,30). The van der Waals surface area contributed by atoms with Gasteiger partial charge in [0.25, 0.3) is 5.91 Å². The van der Waals surface area contributed by atoms with Gasteiger partial charge in [-0.1, -0.05) is 36.4 Å². The van der Waals surface area contributed by atoms with Crippen LogP contribution in [0, 0.1) is 6.92 Å². The van der Waals surface area contributed by atoms with Crippen molar-refractivity contribution < 1.29 is 17.9 Å². The minimum Gasteiger partial charge on any atom is -0.383 e. The zero-order chi connectivity index (χ0) is 24.6. The number of carbonyl (C=O) groups is 1. The summed E-state index contributed by atoms with van der Waals surface area (Å²) in [4.78, 5) is 17.7. The van der Waals surface area contributed by atoms with E-state index in [1.54, 1.807) is 13.0 Å². The Bertz CT molecular complexity index is 1050. The fourth-order valence-electron chi connectivity index (χ4n) is 4.17. The van der Waals surface area contributed by atoms with E-state index in [0.29, 0.717) is 18.2 Å². The predicted molar refractivity (Wildman–Crippen MR) is 133 cm³/mol. The van der Waals surface area contributed by atoms with E-state index in [1.807, 2.05) is 6.07 Å². The van der Waals surface area contributed by atoms with Crippen LogP contribution in [0.15, 0.2) is 53.4 Å². The molecule has 0 saturated carbocycles. The molecule has 3 rings (SSSR count). The maximum Gasteiger partial charge on any atom is 0.251 e. The molecule has 1 unspecified atom stereocenters. The summed E-state index contributed by atoms with van der Waals surface area (Å²) in [5.41, 5.74) is 2.42. The number of rotatable bonds is 11. The maximum absolute atomic E-state index is 12.8. The number of carbonyl (C=O) groups excluding carboxylic acids is 1. The van der Waals surface area contributed by atoms with Gasteiger partial charge in [0.2, 0.25) is 10.0 Å². The van der Waals surface area contributed by atoms with Crippen LogP contribution in [-0.4, -0.2) is 84.2 Å². The third-order valence-electron chi connectivity index (χ3n) is 6.15. The lowest BCUT2D eigenvalue weighted by atomic mass is 10.0. The molecule has 2 N–H and O–H groups in total. The topological polar surface area (TPSA) is 91.0 Å². The van der Waals surface area contributed by atoms with Crippen molar-refractivity contribution >= 4 is 15.9 Å². The average molecular weight is 489 g/mol. The minimum atomic E-state index is -3.70. The molecule has 0 bridgehead atoms. The number of aryl methyl sites for hydroxylation is 1. The van der Waals surface area contributed by atoms with E-state index in [-0.39, 0.29) is 24.0 Å². The van der Waals surface area contributed by atoms with Gasteiger partial charge in [0, 0.05) is 58.0 Å². The molecule has 2 aromatic rings. The molecule has 0 aromatic heterocycles. The van der Waals surface area contributed by atoms with Crippen LogP contribution < -0.4 is 10.0 Å². The van der Waals surface area contributed by atoms with Gasteiger partial charge in [-0.3, -0.25) is 9.69 Å². The van der Waals surface area contributed by atoms with Gasteiger partial charge in [0.15, 0.2) is 0 Å². The number of ether oxygens (including phenoxy) is 1. The van der Waals surface area contributed by atoms with Crippen LogP contribution in [0.2, 0.25) is 0 Å². The Hall–Kier alpha value is -2.30. The molecule has 34 heavy (non-hydrogen) atoms. The van der Waals surface area contributed by atoms with Crippen molar-refractivity contribution in [2.24, 2.45) is 0 Å². The number of hydrogen-bond acceptors (Lipinski definition) is 6. The van der Waals surface area contributed by atoms with Crippen molar-refractivity contribution in [3.05, 3.63) is 65.2 Å². The van der Waals surface area contributed by atoms with E-state index in [1.165, 1.54) is 24.8 Å². The summed E-state index contributed by atoms with van der Waals surface area (Å²) in [5.74, 6) is -0.260. The quantitative estimate of drug-likeness (QED) is 0.471. The first-order chi connectivity index (χ1) is 16.3. The third-order valence-corrected chi connectivity index (χ3v) is 7.61. The Morgan fingerprint density at radius 2 is 1.88 bits per heavy atom. The Balaban J connectivity index is 1.56. The molecular weight excluding hydrogens is 452 g/mol. The number of piperazine rings is 1. The van der Waals surface area contributed by atoms with Crippen LogP contribution >= 0.6 is 0 Å². The van der Waals surface area contributed by atoms with Crippen molar-refractivity contribution in [1.82, 2.24) is 19.8 Å². The van der Waals surface area contributed by atoms with Gasteiger partial charge in [0.05, 0.1) is 11.5 Å². The molecule has 0 spiro atoms. The Morgan fingerprint density at radius 1 is 1.12 bits per heavy atom. The molecule has 1 heterocycles. The Kier molecular flexibility index (Phi) is 9.61. The summed E-state index contributed by atoms with van der Waals surface area (Å²) in [5, 5.41) is 2.96. The molecule has 0 aliphatic carbocycles. The van der Waals surface area contributed by atoms with E-state index in [2.05, 4.69) is 51.2 Å². The fraction of sp³-hybridized carbons (Fsp3) is 0.480. The lowest BCUT2D eigenvalue weighted by Gasteiger charge is -2.40. The molecule has 0 radical (unpaired) electrons. The minimum absolute atomic E-state index is 0.0718. The van der Waals surface area contributed by atoms with Crippen LogP contribution in [0.25, 0.3) is 0 Å². The Labute approximate surface area is 203 Å². The first kappa shape index (κ1) is 26.3. The average Bonchev–Trinajstić information content (AvgIpc) is 2.83. The molecule has 1 saturated heterocycles. The van der Waals surface area contributed by atoms with Crippen LogP contribution in [0.1, 0.15) is 33.9 Å². The van der Waals surface area contributed by atoms with Gasteiger partial charge in [-0.05, 0) is 43.7 Å². The largest absolute Gasteiger partial charge is 0.383 e. The molecular formula is C25H36N4O4S. The van der Waals surface area contributed by atoms with E-state index in [9.17, 15) is 13.2 Å². The second-order valence-electron chi connectivity index (χ2n) is 8.70. The predicted octanol–water partition coefficient (Wildman–Crippen LogP) is 2.03.